The Kier molecular flexibility index (Phi) is 4.51. The molecule has 1 atom stereocenters. The standard InChI is InChI=1S/C20H20N4OS/c1-4-25-16-11-9-15(10-12-16)18-14(3)26-20-22-21-19(24(20)23-18)17-8-6-5-7-13(17)2/h5-12,14H,4H2,1-3H3/t14-/m1/s1. The molecule has 0 aliphatic carbocycles. The van der Waals surface area contributed by atoms with Crippen molar-refractivity contribution < 1.29 is 4.74 Å². The molecule has 0 unspecified atom stereocenters. The number of fused-ring (bicyclic) bond motifs is 1. The number of thioether (sulfide) groups is 1. The second-order valence-electron chi connectivity index (χ2n) is 6.14. The summed E-state index contributed by atoms with van der Waals surface area (Å²) in [6.45, 7) is 6.87. The van der Waals surface area contributed by atoms with Gasteiger partial charge in [-0.05, 0) is 56.2 Å². The molecule has 0 N–H and O–H groups in total. The Hall–Kier alpha value is -2.60. The van der Waals surface area contributed by atoms with E-state index in [-0.39, 0.29) is 5.25 Å². The van der Waals surface area contributed by atoms with Crippen molar-refractivity contribution in [1.82, 2.24) is 14.9 Å². The predicted octanol–water partition coefficient (Wildman–Crippen LogP) is 4.40. The van der Waals surface area contributed by atoms with Gasteiger partial charge in [0.05, 0.1) is 17.6 Å². The lowest BCUT2D eigenvalue weighted by Gasteiger charge is -2.20. The van der Waals surface area contributed by atoms with E-state index >= 15 is 0 Å². The van der Waals surface area contributed by atoms with Gasteiger partial charge in [-0.2, -0.15) is 9.78 Å². The Morgan fingerprint density at radius 1 is 1.08 bits per heavy atom. The van der Waals surface area contributed by atoms with Gasteiger partial charge in [-0.3, -0.25) is 0 Å². The van der Waals surface area contributed by atoms with E-state index in [1.54, 1.807) is 11.8 Å². The molecule has 0 spiro atoms. The van der Waals surface area contributed by atoms with E-state index in [9.17, 15) is 0 Å². The minimum atomic E-state index is 0.203. The number of hydrogen-bond donors (Lipinski definition) is 0. The van der Waals surface area contributed by atoms with Gasteiger partial charge >= 0.3 is 0 Å². The lowest BCUT2D eigenvalue weighted by molar-refractivity contribution is 0.340. The highest BCUT2D eigenvalue weighted by atomic mass is 32.2. The molecule has 4 rings (SSSR count). The number of rotatable bonds is 4. The Bertz CT molecular complexity index is 962. The van der Waals surface area contributed by atoms with Crippen LogP contribution in [0, 0.1) is 6.92 Å². The number of benzene rings is 2. The number of nitrogens with zero attached hydrogens (tertiary/aromatic N) is 4. The van der Waals surface area contributed by atoms with Crippen molar-refractivity contribution in [3.05, 3.63) is 59.7 Å². The maximum absolute atomic E-state index is 5.54. The van der Waals surface area contributed by atoms with Crippen LogP contribution in [0.15, 0.2) is 58.8 Å². The van der Waals surface area contributed by atoms with Gasteiger partial charge in [0.2, 0.25) is 5.16 Å². The molecule has 1 aliphatic heterocycles. The van der Waals surface area contributed by atoms with E-state index in [0.29, 0.717) is 6.61 Å². The molecular weight excluding hydrogens is 344 g/mol. The molecule has 2 heterocycles. The fourth-order valence-corrected chi connectivity index (χ4v) is 3.93. The maximum atomic E-state index is 5.54. The normalized spacial score (nSPS) is 16.1. The van der Waals surface area contributed by atoms with Crippen LogP contribution < -0.4 is 4.74 Å². The first-order valence-corrected chi connectivity index (χ1v) is 9.55. The summed E-state index contributed by atoms with van der Waals surface area (Å²) < 4.78 is 7.40. The smallest absolute Gasteiger partial charge is 0.213 e. The summed E-state index contributed by atoms with van der Waals surface area (Å²) >= 11 is 1.68. The highest BCUT2D eigenvalue weighted by molar-refractivity contribution is 8.00. The fraction of sp³-hybridized carbons (Fsp3) is 0.250. The molecule has 6 heteroatoms. The van der Waals surface area contributed by atoms with Gasteiger partial charge in [0.1, 0.15) is 5.75 Å². The molecule has 5 nitrogen and oxygen atoms in total. The molecular formula is C20H20N4OS. The van der Waals surface area contributed by atoms with Gasteiger partial charge in [-0.25, -0.2) is 0 Å². The zero-order valence-corrected chi connectivity index (χ0v) is 15.8. The van der Waals surface area contributed by atoms with Crippen LogP contribution in [0.4, 0.5) is 0 Å². The third-order valence-corrected chi connectivity index (χ3v) is 5.38. The van der Waals surface area contributed by atoms with Gasteiger partial charge in [0, 0.05) is 5.56 Å². The Balaban J connectivity index is 1.76. The lowest BCUT2D eigenvalue weighted by Crippen LogP contribution is -2.21. The summed E-state index contributed by atoms with van der Waals surface area (Å²) in [6.07, 6.45) is 0. The van der Waals surface area contributed by atoms with Crippen molar-refractivity contribution in [2.75, 3.05) is 6.61 Å². The van der Waals surface area contributed by atoms with Crippen LogP contribution in [0.1, 0.15) is 25.0 Å². The molecule has 26 heavy (non-hydrogen) atoms. The first-order chi connectivity index (χ1) is 12.7. The van der Waals surface area contributed by atoms with Gasteiger partial charge in [0.25, 0.3) is 0 Å². The van der Waals surface area contributed by atoms with Crippen LogP contribution in [-0.4, -0.2) is 32.4 Å². The summed E-state index contributed by atoms with van der Waals surface area (Å²) in [4.78, 5) is 0. The van der Waals surface area contributed by atoms with Crippen molar-refractivity contribution >= 4 is 17.5 Å². The molecule has 0 saturated heterocycles. The van der Waals surface area contributed by atoms with E-state index in [4.69, 9.17) is 9.84 Å². The first-order valence-electron chi connectivity index (χ1n) is 8.67. The Morgan fingerprint density at radius 2 is 1.85 bits per heavy atom. The van der Waals surface area contributed by atoms with E-state index in [1.807, 2.05) is 35.9 Å². The fourth-order valence-electron chi connectivity index (χ4n) is 3.00. The zero-order valence-electron chi connectivity index (χ0n) is 15.0. The monoisotopic (exact) mass is 364 g/mol. The number of aryl methyl sites for hydroxylation is 1. The van der Waals surface area contributed by atoms with Crippen LogP contribution in [0.2, 0.25) is 0 Å². The van der Waals surface area contributed by atoms with Gasteiger partial charge in [0.15, 0.2) is 5.82 Å². The minimum absolute atomic E-state index is 0.203. The molecule has 0 bridgehead atoms. The van der Waals surface area contributed by atoms with Crippen LogP contribution in [-0.2, 0) is 0 Å². The molecule has 1 aromatic heterocycles. The third-order valence-electron chi connectivity index (χ3n) is 4.33. The van der Waals surface area contributed by atoms with Gasteiger partial charge in [-0.1, -0.05) is 36.0 Å². The van der Waals surface area contributed by atoms with E-state index in [0.717, 1.165) is 39.1 Å². The highest BCUT2D eigenvalue weighted by Gasteiger charge is 2.26. The summed E-state index contributed by atoms with van der Waals surface area (Å²) in [5, 5.41) is 14.7. The molecule has 0 amide bonds. The molecule has 1 aliphatic rings. The number of hydrogen-bond acceptors (Lipinski definition) is 5. The molecule has 0 fully saturated rings. The van der Waals surface area contributed by atoms with E-state index in [1.165, 1.54) is 0 Å². The van der Waals surface area contributed by atoms with Crippen LogP contribution in [0.5, 0.6) is 5.75 Å². The third kappa shape index (κ3) is 3.01. The largest absolute Gasteiger partial charge is 0.494 e. The zero-order chi connectivity index (χ0) is 18.1. The maximum Gasteiger partial charge on any atom is 0.213 e. The van der Waals surface area contributed by atoms with E-state index in [2.05, 4.69) is 48.3 Å². The SMILES string of the molecule is CCOc1ccc(C2=Nn3c(nnc3-c3ccccc3C)S[C@@H]2C)cc1. The second-order valence-corrected chi connectivity index (χ2v) is 7.44. The highest BCUT2D eigenvalue weighted by Crippen LogP contribution is 2.33. The van der Waals surface area contributed by atoms with Crippen LogP contribution in [0.25, 0.3) is 11.4 Å². The molecule has 0 saturated carbocycles. The summed E-state index contributed by atoms with van der Waals surface area (Å²) in [5.41, 5.74) is 4.31. The van der Waals surface area contributed by atoms with Gasteiger partial charge < -0.3 is 4.74 Å². The van der Waals surface area contributed by atoms with E-state index < -0.39 is 0 Å². The Labute approximate surface area is 157 Å². The summed E-state index contributed by atoms with van der Waals surface area (Å²) in [5.74, 6) is 1.65. The average Bonchev–Trinajstić information content (AvgIpc) is 3.05. The average molecular weight is 364 g/mol. The molecule has 2 aromatic carbocycles. The summed E-state index contributed by atoms with van der Waals surface area (Å²) in [7, 11) is 0. The number of aromatic nitrogens is 3. The predicted molar refractivity (Wildman–Crippen MR) is 105 cm³/mol. The van der Waals surface area contributed by atoms with Crippen molar-refractivity contribution in [3.63, 3.8) is 0 Å². The van der Waals surface area contributed by atoms with Crippen LogP contribution in [0.3, 0.4) is 0 Å². The first kappa shape index (κ1) is 16.8. The number of ether oxygens (including phenoxy) is 1. The second kappa shape index (κ2) is 6.96. The minimum Gasteiger partial charge on any atom is -0.494 e. The molecule has 0 radical (unpaired) electrons. The molecule has 132 valence electrons. The van der Waals surface area contributed by atoms with Crippen molar-refractivity contribution in [3.8, 4) is 17.1 Å². The summed E-state index contributed by atoms with van der Waals surface area (Å²) in [6, 6.07) is 16.3. The lowest BCUT2D eigenvalue weighted by atomic mass is 10.1. The van der Waals surface area contributed by atoms with Crippen LogP contribution >= 0.6 is 11.8 Å². The molecule has 3 aromatic rings. The van der Waals surface area contributed by atoms with Crippen molar-refractivity contribution in [2.24, 2.45) is 5.10 Å². The Morgan fingerprint density at radius 3 is 2.58 bits per heavy atom. The van der Waals surface area contributed by atoms with Crippen molar-refractivity contribution in [1.29, 1.82) is 0 Å². The van der Waals surface area contributed by atoms with Gasteiger partial charge in [-0.15, -0.1) is 10.2 Å². The quantitative estimate of drug-likeness (QED) is 0.688. The topological polar surface area (TPSA) is 52.3 Å². The van der Waals surface area contributed by atoms with Crippen molar-refractivity contribution in [2.45, 2.75) is 31.2 Å².